The van der Waals surface area contributed by atoms with Crippen LogP contribution in [-0.4, -0.2) is 46.9 Å². The number of hydrazine groups is 1. The number of hydrogen-bond acceptors (Lipinski definition) is 5. The van der Waals surface area contributed by atoms with Gasteiger partial charge in [0.25, 0.3) is 11.8 Å². The molecule has 0 radical (unpaired) electrons. The highest BCUT2D eigenvalue weighted by molar-refractivity contribution is 6.00. The number of nitrogens with one attached hydrogen (secondary N) is 3. The first-order valence-corrected chi connectivity index (χ1v) is 9.24. The van der Waals surface area contributed by atoms with Crippen LogP contribution in [0.5, 0.6) is 0 Å². The lowest BCUT2D eigenvalue weighted by Crippen LogP contribution is -2.52. The van der Waals surface area contributed by atoms with E-state index in [4.69, 9.17) is 4.74 Å². The van der Waals surface area contributed by atoms with Crippen molar-refractivity contribution in [1.29, 1.82) is 0 Å². The summed E-state index contributed by atoms with van der Waals surface area (Å²) in [6.45, 7) is 9.04. The van der Waals surface area contributed by atoms with Gasteiger partial charge in [-0.2, -0.15) is 0 Å². The number of carbonyl (C=O) groups is 4. The molecule has 156 valence electrons. The molecule has 1 aromatic rings. The minimum atomic E-state index is -0.707. The van der Waals surface area contributed by atoms with Crippen LogP contribution in [0.2, 0.25) is 0 Å². The van der Waals surface area contributed by atoms with Gasteiger partial charge in [0.05, 0.1) is 0 Å². The van der Waals surface area contributed by atoms with Crippen LogP contribution < -0.4 is 16.2 Å². The van der Waals surface area contributed by atoms with Gasteiger partial charge in [0.1, 0.15) is 11.6 Å². The van der Waals surface area contributed by atoms with Crippen LogP contribution in [0.4, 0.5) is 10.5 Å². The maximum atomic E-state index is 12.4. The molecule has 1 aliphatic heterocycles. The van der Waals surface area contributed by atoms with Crippen molar-refractivity contribution >= 4 is 29.5 Å². The summed E-state index contributed by atoms with van der Waals surface area (Å²) in [6.07, 6.45) is 1.74. The molecule has 0 aliphatic carbocycles. The normalized spacial score (nSPS) is 16.0. The van der Waals surface area contributed by atoms with Crippen molar-refractivity contribution < 1.29 is 23.9 Å². The summed E-state index contributed by atoms with van der Waals surface area (Å²) >= 11 is 0. The maximum absolute atomic E-state index is 12.4. The van der Waals surface area contributed by atoms with Gasteiger partial charge in [-0.1, -0.05) is 6.58 Å². The van der Waals surface area contributed by atoms with E-state index in [1.807, 2.05) is 0 Å². The van der Waals surface area contributed by atoms with Gasteiger partial charge in [-0.25, -0.2) is 4.79 Å². The van der Waals surface area contributed by atoms with Gasteiger partial charge in [-0.15, -0.1) is 0 Å². The van der Waals surface area contributed by atoms with Gasteiger partial charge in [0.15, 0.2) is 0 Å². The number of carbonyl (C=O) groups excluding carboxylic acids is 4. The fourth-order valence-corrected chi connectivity index (χ4v) is 2.75. The molecule has 1 aliphatic rings. The van der Waals surface area contributed by atoms with Crippen LogP contribution in [-0.2, 0) is 14.3 Å². The second kappa shape index (κ2) is 9.22. The Morgan fingerprint density at radius 1 is 1.14 bits per heavy atom. The molecule has 1 atom stereocenters. The zero-order chi connectivity index (χ0) is 21.6. The predicted molar refractivity (Wildman–Crippen MR) is 107 cm³/mol. The SMILES string of the molecule is C=CC(=O)Nc1ccc(C(=O)NNC(=O)C2CCCN2C(=O)OC(C)(C)C)cc1. The standard InChI is InChI=1S/C20H26N4O5/c1-5-16(25)21-14-10-8-13(9-11-14)17(26)22-23-18(27)15-7-6-12-24(15)19(28)29-20(2,3)4/h5,8-11,15H,1,6-7,12H2,2-4H3,(H,21,25)(H,22,26)(H,23,27). The molecule has 1 saturated heterocycles. The van der Waals surface area contributed by atoms with Gasteiger partial charge < -0.3 is 10.1 Å². The van der Waals surface area contributed by atoms with Crippen molar-refractivity contribution in [2.75, 3.05) is 11.9 Å². The summed E-state index contributed by atoms with van der Waals surface area (Å²) < 4.78 is 5.33. The van der Waals surface area contributed by atoms with Crippen molar-refractivity contribution in [3.63, 3.8) is 0 Å². The highest BCUT2D eigenvalue weighted by atomic mass is 16.6. The summed E-state index contributed by atoms with van der Waals surface area (Å²) in [5.74, 6) is -1.38. The maximum Gasteiger partial charge on any atom is 0.410 e. The second-order valence-electron chi connectivity index (χ2n) is 7.55. The molecule has 1 heterocycles. The monoisotopic (exact) mass is 402 g/mol. The molecule has 9 nitrogen and oxygen atoms in total. The fraction of sp³-hybridized carbons (Fsp3) is 0.400. The van der Waals surface area contributed by atoms with Gasteiger partial charge in [-0.05, 0) is 64.0 Å². The van der Waals surface area contributed by atoms with Crippen LogP contribution in [0.3, 0.4) is 0 Å². The van der Waals surface area contributed by atoms with Crippen molar-refractivity contribution in [2.45, 2.75) is 45.3 Å². The highest BCUT2D eigenvalue weighted by Gasteiger charge is 2.36. The molecule has 9 heteroatoms. The molecular formula is C20H26N4O5. The third kappa shape index (κ3) is 6.34. The molecule has 29 heavy (non-hydrogen) atoms. The van der Waals surface area contributed by atoms with Crippen LogP contribution in [0.25, 0.3) is 0 Å². The Morgan fingerprint density at radius 2 is 1.79 bits per heavy atom. The Morgan fingerprint density at radius 3 is 2.38 bits per heavy atom. The molecule has 1 aromatic carbocycles. The van der Waals surface area contributed by atoms with E-state index in [2.05, 4.69) is 22.7 Å². The average Bonchev–Trinajstić information content (AvgIpc) is 3.15. The van der Waals surface area contributed by atoms with E-state index in [0.717, 1.165) is 6.08 Å². The largest absolute Gasteiger partial charge is 0.444 e. The fourth-order valence-electron chi connectivity index (χ4n) is 2.75. The highest BCUT2D eigenvalue weighted by Crippen LogP contribution is 2.20. The average molecular weight is 402 g/mol. The first kappa shape index (κ1) is 21.9. The molecule has 0 saturated carbocycles. The summed E-state index contributed by atoms with van der Waals surface area (Å²) in [7, 11) is 0. The Labute approximate surface area is 169 Å². The molecule has 1 unspecified atom stereocenters. The van der Waals surface area contributed by atoms with Gasteiger partial charge in [-0.3, -0.25) is 30.1 Å². The van der Waals surface area contributed by atoms with Crippen LogP contribution >= 0.6 is 0 Å². The van der Waals surface area contributed by atoms with E-state index >= 15 is 0 Å². The minimum absolute atomic E-state index is 0.289. The first-order valence-electron chi connectivity index (χ1n) is 9.24. The number of nitrogens with zero attached hydrogens (tertiary/aromatic N) is 1. The smallest absolute Gasteiger partial charge is 0.410 e. The minimum Gasteiger partial charge on any atom is -0.444 e. The lowest BCUT2D eigenvalue weighted by atomic mass is 10.2. The van der Waals surface area contributed by atoms with Gasteiger partial charge in [0.2, 0.25) is 5.91 Å². The molecular weight excluding hydrogens is 376 g/mol. The number of likely N-dealkylation sites (tertiary alicyclic amines) is 1. The third-order valence-corrected chi connectivity index (χ3v) is 4.08. The summed E-state index contributed by atoms with van der Waals surface area (Å²) in [6, 6.07) is 5.41. The Hall–Kier alpha value is -3.36. The molecule has 0 spiro atoms. The van der Waals surface area contributed by atoms with Gasteiger partial charge in [0, 0.05) is 17.8 Å². The zero-order valence-corrected chi connectivity index (χ0v) is 16.8. The van der Waals surface area contributed by atoms with Crippen molar-refractivity contribution in [3.05, 3.63) is 42.5 Å². The van der Waals surface area contributed by atoms with E-state index in [1.54, 1.807) is 32.9 Å². The van der Waals surface area contributed by atoms with Crippen molar-refractivity contribution in [3.8, 4) is 0 Å². The van der Waals surface area contributed by atoms with Crippen LogP contribution in [0.15, 0.2) is 36.9 Å². The van der Waals surface area contributed by atoms with E-state index in [-0.39, 0.29) is 11.5 Å². The number of hydrogen-bond donors (Lipinski definition) is 3. The molecule has 1 fully saturated rings. The quantitative estimate of drug-likeness (QED) is 0.526. The Balaban J connectivity index is 1.90. The van der Waals surface area contributed by atoms with E-state index in [0.29, 0.717) is 25.1 Å². The van der Waals surface area contributed by atoms with Crippen molar-refractivity contribution in [2.24, 2.45) is 0 Å². The number of anilines is 1. The first-order chi connectivity index (χ1) is 13.6. The van der Waals surface area contributed by atoms with Crippen LogP contribution in [0.1, 0.15) is 44.0 Å². The molecule has 3 N–H and O–H groups in total. The van der Waals surface area contributed by atoms with Crippen molar-refractivity contribution in [1.82, 2.24) is 15.8 Å². The van der Waals surface area contributed by atoms with Crippen LogP contribution in [0, 0.1) is 0 Å². The summed E-state index contributed by atoms with van der Waals surface area (Å²) in [4.78, 5) is 49.6. The molecule has 4 amide bonds. The molecule has 2 rings (SSSR count). The van der Waals surface area contributed by atoms with Gasteiger partial charge >= 0.3 is 6.09 Å². The summed E-state index contributed by atoms with van der Waals surface area (Å²) in [5, 5.41) is 2.57. The lowest BCUT2D eigenvalue weighted by molar-refractivity contribution is -0.126. The predicted octanol–water partition coefficient (Wildman–Crippen LogP) is 1.97. The summed E-state index contributed by atoms with van der Waals surface area (Å²) in [5.41, 5.74) is 4.83. The third-order valence-electron chi connectivity index (χ3n) is 4.08. The number of rotatable bonds is 4. The Kier molecular flexibility index (Phi) is 6.98. The lowest BCUT2D eigenvalue weighted by Gasteiger charge is -2.28. The molecule has 0 bridgehead atoms. The van der Waals surface area contributed by atoms with E-state index < -0.39 is 29.6 Å². The second-order valence-corrected chi connectivity index (χ2v) is 7.55. The van der Waals surface area contributed by atoms with E-state index in [1.165, 1.54) is 17.0 Å². The topological polar surface area (TPSA) is 117 Å². The van der Waals surface area contributed by atoms with E-state index in [9.17, 15) is 19.2 Å². The molecule has 0 aromatic heterocycles. The number of ether oxygens (including phenoxy) is 1. The number of benzene rings is 1. The Bertz CT molecular complexity index is 798. The number of amides is 4. The zero-order valence-electron chi connectivity index (χ0n) is 16.8.